The third kappa shape index (κ3) is 8.23. The molecule has 2 heterocycles. The molecule has 0 spiro atoms. The number of aromatic nitrogens is 3. The fourth-order valence-corrected chi connectivity index (χ4v) is 8.39. The average Bonchev–Trinajstić information content (AvgIpc) is 3.62. The van der Waals surface area contributed by atoms with Crippen LogP contribution in [0, 0.1) is 0 Å². The molecule has 0 saturated heterocycles. The van der Waals surface area contributed by atoms with Crippen LogP contribution in [0.4, 0.5) is 0 Å². The van der Waals surface area contributed by atoms with Gasteiger partial charge in [-0.25, -0.2) is 4.98 Å². The van der Waals surface area contributed by atoms with Crippen molar-refractivity contribution in [2.45, 2.75) is 105 Å². The van der Waals surface area contributed by atoms with E-state index in [1.165, 1.54) is 11.1 Å². The maximum atomic E-state index is 12.5. The molecule has 2 aromatic heterocycles. The summed E-state index contributed by atoms with van der Waals surface area (Å²) < 4.78 is 2.31. The van der Waals surface area contributed by atoms with Crippen LogP contribution in [0.15, 0.2) is 146 Å². The van der Waals surface area contributed by atoms with Gasteiger partial charge < -0.3 is 5.11 Å². The molecule has 0 atom stereocenters. The van der Waals surface area contributed by atoms with E-state index in [2.05, 4.69) is 221 Å². The third-order valence-electron chi connectivity index (χ3n) is 12.2. The number of rotatable bonds is 6. The van der Waals surface area contributed by atoms with E-state index < -0.39 is 0 Å². The molecule has 62 heavy (non-hydrogen) atoms. The maximum Gasteiger partial charge on any atom is 0.149 e. The van der Waals surface area contributed by atoms with Crippen molar-refractivity contribution in [3.8, 4) is 67.5 Å². The molecular formula is C58H61N3O. The minimum atomic E-state index is -0.319. The number of fused-ring (bicyclic) bond motifs is 1. The van der Waals surface area contributed by atoms with Crippen LogP contribution in [-0.4, -0.2) is 19.6 Å². The predicted molar refractivity (Wildman–Crippen MR) is 263 cm³/mol. The smallest absolute Gasteiger partial charge is 0.149 e. The zero-order chi connectivity index (χ0) is 44.4. The van der Waals surface area contributed by atoms with E-state index in [0.29, 0.717) is 5.82 Å². The van der Waals surface area contributed by atoms with Gasteiger partial charge in [-0.2, -0.15) is 0 Å². The Bertz CT molecular complexity index is 2920. The Hall–Kier alpha value is -6.26. The lowest BCUT2D eigenvalue weighted by Gasteiger charge is -2.28. The van der Waals surface area contributed by atoms with Gasteiger partial charge in [-0.15, -0.1) is 0 Å². The summed E-state index contributed by atoms with van der Waals surface area (Å²) in [6.07, 6.45) is 1.89. The number of hydrogen-bond donors (Lipinski definition) is 1. The van der Waals surface area contributed by atoms with Crippen molar-refractivity contribution in [3.05, 3.63) is 168 Å². The minimum absolute atomic E-state index is 0.0278. The van der Waals surface area contributed by atoms with E-state index in [0.717, 1.165) is 78.0 Å². The number of nitrogens with zero attached hydrogens (tertiary/aromatic N) is 3. The first-order valence-corrected chi connectivity index (χ1v) is 22.0. The molecule has 8 rings (SSSR count). The Balaban J connectivity index is 1.43. The molecule has 0 amide bonds. The molecule has 0 saturated carbocycles. The van der Waals surface area contributed by atoms with Crippen LogP contribution in [0.3, 0.4) is 0 Å². The quantitative estimate of drug-likeness (QED) is 0.182. The molecule has 314 valence electrons. The summed E-state index contributed by atoms with van der Waals surface area (Å²) in [5, 5.41) is 12.5. The Kier molecular flexibility index (Phi) is 10.7. The average molecular weight is 816 g/mol. The highest BCUT2D eigenvalue weighted by Crippen LogP contribution is 2.46. The van der Waals surface area contributed by atoms with E-state index >= 15 is 0 Å². The number of hydrogen-bond acceptors (Lipinski definition) is 3. The van der Waals surface area contributed by atoms with Gasteiger partial charge in [-0.3, -0.25) is 9.55 Å². The summed E-state index contributed by atoms with van der Waals surface area (Å²) in [6, 6.07) is 50.0. The molecule has 4 nitrogen and oxygen atoms in total. The monoisotopic (exact) mass is 815 g/mol. The Morgan fingerprint density at radius 2 is 1.06 bits per heavy atom. The van der Waals surface area contributed by atoms with Crippen molar-refractivity contribution in [3.63, 3.8) is 0 Å². The number of para-hydroxylation sites is 1. The normalized spacial score (nSPS) is 12.6. The summed E-state index contributed by atoms with van der Waals surface area (Å²) in [7, 11) is 0. The lowest BCUT2D eigenvalue weighted by Crippen LogP contribution is -2.17. The van der Waals surface area contributed by atoms with Crippen molar-refractivity contribution in [1.29, 1.82) is 0 Å². The van der Waals surface area contributed by atoms with E-state index in [1.54, 1.807) is 0 Å². The van der Waals surface area contributed by atoms with E-state index in [1.807, 2.05) is 12.3 Å². The zero-order valence-corrected chi connectivity index (χ0v) is 38.6. The van der Waals surface area contributed by atoms with Crippen LogP contribution >= 0.6 is 0 Å². The Morgan fingerprint density at radius 1 is 0.435 bits per heavy atom. The standard InChI is InChI=1S/C58H61N3O/c1-55(2,3)42-26-24-38(25-27-42)45-29-28-43(56(4,5)6)36-51(45)61-50-23-17-22-46(40-20-16-21-41(32-40)49-33-39(30-31-59-49)37-18-14-13-15-19-37)52(50)60-54(61)47-34-44(57(7,8)9)35-48(53(47)62)58(10,11)12/h13-36,62H,1-12H3. The highest BCUT2D eigenvalue weighted by atomic mass is 16.3. The second kappa shape index (κ2) is 15.6. The molecular weight excluding hydrogens is 755 g/mol. The summed E-state index contributed by atoms with van der Waals surface area (Å²) in [5.74, 6) is 0.964. The summed E-state index contributed by atoms with van der Waals surface area (Å²) in [4.78, 5) is 10.5. The van der Waals surface area contributed by atoms with Gasteiger partial charge in [0.05, 0.1) is 28.0 Å². The van der Waals surface area contributed by atoms with Crippen molar-refractivity contribution in [2.75, 3.05) is 0 Å². The molecule has 6 aromatic carbocycles. The van der Waals surface area contributed by atoms with Crippen LogP contribution in [0.25, 0.3) is 72.7 Å². The second-order valence-electron chi connectivity index (χ2n) is 21.0. The highest BCUT2D eigenvalue weighted by Gasteiger charge is 2.30. The number of imidazole rings is 1. The molecule has 0 radical (unpaired) electrons. The number of phenolic OH excluding ortho intramolecular Hbond substituents is 1. The van der Waals surface area contributed by atoms with Gasteiger partial charge in [0.25, 0.3) is 0 Å². The first-order valence-electron chi connectivity index (χ1n) is 22.0. The molecule has 0 aliphatic heterocycles. The summed E-state index contributed by atoms with van der Waals surface area (Å²) in [5.41, 5.74) is 16.0. The number of phenols is 1. The van der Waals surface area contributed by atoms with E-state index in [4.69, 9.17) is 9.97 Å². The predicted octanol–water partition coefficient (Wildman–Crippen LogP) is 15.7. The Morgan fingerprint density at radius 3 is 1.73 bits per heavy atom. The maximum absolute atomic E-state index is 12.5. The van der Waals surface area contributed by atoms with Crippen molar-refractivity contribution in [2.24, 2.45) is 0 Å². The molecule has 0 aliphatic carbocycles. The van der Waals surface area contributed by atoms with E-state index in [-0.39, 0.29) is 27.4 Å². The van der Waals surface area contributed by atoms with Crippen molar-refractivity contribution < 1.29 is 5.11 Å². The lowest BCUT2D eigenvalue weighted by molar-refractivity contribution is 0.446. The van der Waals surface area contributed by atoms with Crippen molar-refractivity contribution >= 4 is 11.0 Å². The third-order valence-corrected chi connectivity index (χ3v) is 12.2. The molecule has 0 bridgehead atoms. The SMILES string of the molecule is CC(C)(C)c1ccc(-c2ccc(C(C)(C)C)cc2-n2c(-c3cc(C(C)(C)C)cc(C(C)(C)C)c3O)nc3c(-c4cccc(-c5cc(-c6ccccc6)ccn5)c4)cccc32)cc1. The molecule has 0 fully saturated rings. The fraction of sp³-hybridized carbons (Fsp3) is 0.276. The first-order chi connectivity index (χ1) is 29.2. The van der Waals surface area contributed by atoms with Gasteiger partial charge in [-0.05, 0) is 97.0 Å². The van der Waals surface area contributed by atoms with E-state index in [9.17, 15) is 5.11 Å². The fourth-order valence-electron chi connectivity index (χ4n) is 8.39. The molecule has 4 heteroatoms. The highest BCUT2D eigenvalue weighted by molar-refractivity contribution is 5.97. The van der Waals surface area contributed by atoms with Gasteiger partial charge in [0, 0.05) is 28.5 Å². The summed E-state index contributed by atoms with van der Waals surface area (Å²) in [6.45, 7) is 26.8. The largest absolute Gasteiger partial charge is 0.507 e. The molecule has 0 unspecified atom stereocenters. The zero-order valence-electron chi connectivity index (χ0n) is 38.6. The van der Waals surface area contributed by atoms with Crippen LogP contribution in [0.2, 0.25) is 0 Å². The molecule has 0 aliphatic rings. The summed E-state index contributed by atoms with van der Waals surface area (Å²) >= 11 is 0. The minimum Gasteiger partial charge on any atom is -0.507 e. The van der Waals surface area contributed by atoms with Crippen LogP contribution in [0.1, 0.15) is 105 Å². The van der Waals surface area contributed by atoms with Gasteiger partial charge >= 0.3 is 0 Å². The number of aromatic hydroxyl groups is 1. The second-order valence-corrected chi connectivity index (χ2v) is 21.0. The molecule has 1 N–H and O–H groups in total. The lowest BCUT2D eigenvalue weighted by atomic mass is 9.79. The van der Waals surface area contributed by atoms with Gasteiger partial charge in [0.1, 0.15) is 11.6 Å². The Labute approximate surface area is 369 Å². The first kappa shape index (κ1) is 42.4. The van der Waals surface area contributed by atoms with Crippen LogP contribution in [-0.2, 0) is 21.7 Å². The van der Waals surface area contributed by atoms with Crippen LogP contribution in [0.5, 0.6) is 5.75 Å². The molecule has 8 aromatic rings. The van der Waals surface area contributed by atoms with Gasteiger partial charge in [0.2, 0.25) is 0 Å². The van der Waals surface area contributed by atoms with Crippen molar-refractivity contribution in [1.82, 2.24) is 14.5 Å². The van der Waals surface area contributed by atoms with Crippen LogP contribution < -0.4 is 0 Å². The van der Waals surface area contributed by atoms with Gasteiger partial charge in [0.15, 0.2) is 0 Å². The van der Waals surface area contributed by atoms with Gasteiger partial charge in [-0.1, -0.05) is 186 Å². The topological polar surface area (TPSA) is 50.9 Å². The number of pyridine rings is 1. The number of benzene rings is 6.